The van der Waals surface area contributed by atoms with Crippen LogP contribution in [0.4, 0.5) is 4.53 Å². The number of rotatable bonds is 28. The first-order valence-corrected chi connectivity index (χ1v) is 19.9. The summed E-state index contributed by atoms with van der Waals surface area (Å²) >= 11 is 0. The van der Waals surface area contributed by atoms with E-state index in [1.807, 2.05) is 13.8 Å². The lowest BCUT2D eigenvalue weighted by atomic mass is 9.96. The minimum absolute atomic E-state index is 0.125. The lowest BCUT2D eigenvalue weighted by Gasteiger charge is -2.47. The number of hydrogen-bond acceptors (Lipinski definition) is 16. The summed E-state index contributed by atoms with van der Waals surface area (Å²) in [4.78, 5) is 26.6. The maximum atomic E-state index is 12.7. The zero-order valence-electron chi connectivity index (χ0n) is 32.8. The van der Waals surface area contributed by atoms with Gasteiger partial charge in [0.25, 0.3) is 0 Å². The molecule has 17 heteroatoms. The van der Waals surface area contributed by atoms with Crippen molar-refractivity contribution >= 4 is 11.9 Å². The maximum absolute atomic E-state index is 12.7. The summed E-state index contributed by atoms with van der Waals surface area (Å²) in [7, 11) is 0. The van der Waals surface area contributed by atoms with E-state index in [1.165, 1.54) is 0 Å². The van der Waals surface area contributed by atoms with Crippen molar-refractivity contribution < 1.29 is 78.1 Å². The van der Waals surface area contributed by atoms with Crippen molar-refractivity contribution in [3.05, 3.63) is 12.3 Å². The summed E-state index contributed by atoms with van der Waals surface area (Å²) in [6, 6.07) is 0. The molecule has 2 fully saturated rings. The van der Waals surface area contributed by atoms with Gasteiger partial charge in [0, 0.05) is 11.1 Å². The van der Waals surface area contributed by atoms with Crippen LogP contribution >= 0.6 is 0 Å². The molecular weight excluding hydrogens is 729 g/mol. The monoisotopic (exact) mass is 797 g/mol. The van der Waals surface area contributed by atoms with Gasteiger partial charge < -0.3 is 64.8 Å². The van der Waals surface area contributed by atoms with Gasteiger partial charge in [-0.15, -0.1) is 0 Å². The lowest BCUT2D eigenvalue weighted by molar-refractivity contribution is -0.358. The second-order valence-electron chi connectivity index (χ2n) is 15.0. The molecule has 0 bridgehead atoms. The van der Waals surface area contributed by atoms with E-state index < -0.39 is 85.6 Å². The summed E-state index contributed by atoms with van der Waals surface area (Å²) in [5.74, 6) is -1.64. The smallest absolute Gasteiger partial charge is 0.376 e. The molecule has 3 unspecified atom stereocenters. The average Bonchev–Trinajstić information content (AvgIpc) is 3.15. The van der Waals surface area contributed by atoms with Crippen molar-refractivity contribution in [2.45, 2.75) is 191 Å². The highest BCUT2D eigenvalue weighted by Gasteiger charge is 2.52. The number of nitrogens with two attached hydrogens (primary N) is 1. The van der Waals surface area contributed by atoms with Gasteiger partial charge >= 0.3 is 11.9 Å². The van der Waals surface area contributed by atoms with Gasteiger partial charge in [0.05, 0.1) is 24.9 Å². The van der Waals surface area contributed by atoms with Crippen LogP contribution in [0.5, 0.6) is 0 Å². The van der Waals surface area contributed by atoms with Gasteiger partial charge in [-0.3, -0.25) is 9.74 Å². The summed E-state index contributed by atoms with van der Waals surface area (Å²) < 4.78 is 46.7. The molecule has 2 aliphatic heterocycles. The van der Waals surface area contributed by atoms with E-state index >= 15 is 0 Å². The number of carbonyl (C=O) groups excluding carboxylic acids is 2. The third-order valence-corrected chi connectivity index (χ3v) is 9.91. The molecule has 16 nitrogen and oxygen atoms in total. The minimum atomic E-state index is -1.69. The fourth-order valence-electron chi connectivity index (χ4n) is 6.64. The summed E-state index contributed by atoms with van der Waals surface area (Å²) in [6.45, 7) is 9.06. The quantitative estimate of drug-likeness (QED) is 0.0341. The maximum Gasteiger partial charge on any atom is 0.376 e. The first-order chi connectivity index (χ1) is 26.2. The Balaban J connectivity index is 1.86. The van der Waals surface area contributed by atoms with E-state index in [1.54, 1.807) is 6.92 Å². The molecule has 0 aliphatic carbocycles. The highest BCUT2D eigenvalue weighted by Crippen LogP contribution is 2.32. The van der Waals surface area contributed by atoms with Gasteiger partial charge in [0.2, 0.25) is 0 Å². The van der Waals surface area contributed by atoms with Crippen molar-refractivity contribution in [2.75, 3.05) is 19.8 Å². The molecule has 2 aliphatic rings. The molecule has 2 rings (SSSR count). The van der Waals surface area contributed by atoms with E-state index in [4.69, 9.17) is 34.2 Å². The number of unbranched alkanes of at least 4 members (excludes halogenated alkanes) is 9. The van der Waals surface area contributed by atoms with E-state index in [0.29, 0.717) is 25.0 Å². The predicted octanol–water partition coefficient (Wildman–Crippen LogP) is 2.36. The van der Waals surface area contributed by atoms with Crippen LogP contribution in [-0.2, 0) is 43.0 Å². The van der Waals surface area contributed by atoms with E-state index in [9.17, 15) is 44.8 Å². The molecule has 13 atom stereocenters. The Morgan fingerprint density at radius 1 is 0.800 bits per heavy atom. The largest absolute Gasteiger partial charge is 0.496 e. The Morgan fingerprint density at radius 3 is 1.93 bits per heavy atom. The predicted molar refractivity (Wildman–Crippen MR) is 195 cm³/mol. The SMILES string of the molecule is C=C(C)OC[C@H]1O[C@@H](OCC(C)CCCCCCCCCCCCC(O)C(=O)OF)[C@H](O)[C@@H](O)[C@@H]1O[C@@H]1O[C@H](CN)[C@@H](O)[C@H](O)[C@H]1OC(=O)CC(O)CCC. The van der Waals surface area contributed by atoms with E-state index in [0.717, 1.165) is 64.2 Å². The zero-order chi connectivity index (χ0) is 40.9. The van der Waals surface area contributed by atoms with Gasteiger partial charge in [-0.25, -0.2) is 4.79 Å². The Hall–Kier alpha value is -2.03. The van der Waals surface area contributed by atoms with Crippen LogP contribution in [0.1, 0.15) is 117 Å². The first kappa shape index (κ1) is 49.1. The van der Waals surface area contributed by atoms with Gasteiger partial charge in [-0.1, -0.05) is 91.1 Å². The van der Waals surface area contributed by atoms with Crippen molar-refractivity contribution in [3.63, 3.8) is 0 Å². The molecule has 2 saturated heterocycles. The summed E-state index contributed by atoms with van der Waals surface area (Å²) in [5.41, 5.74) is 5.75. The Labute approximate surface area is 324 Å². The number of allylic oxidation sites excluding steroid dienone is 1. The third-order valence-electron chi connectivity index (χ3n) is 9.91. The number of aliphatic hydroxyl groups is 6. The van der Waals surface area contributed by atoms with Gasteiger partial charge in [0.1, 0.15) is 49.3 Å². The Kier molecular flexibility index (Phi) is 23.9. The van der Waals surface area contributed by atoms with Crippen molar-refractivity contribution in [1.82, 2.24) is 0 Å². The van der Waals surface area contributed by atoms with Crippen molar-refractivity contribution in [2.24, 2.45) is 11.7 Å². The number of ether oxygens (including phenoxy) is 6. The van der Waals surface area contributed by atoms with E-state index in [2.05, 4.69) is 11.5 Å². The lowest BCUT2D eigenvalue weighted by Crippen LogP contribution is -2.65. The highest BCUT2D eigenvalue weighted by molar-refractivity contribution is 5.73. The van der Waals surface area contributed by atoms with Crippen LogP contribution in [-0.4, -0.2) is 136 Å². The standard InChI is InChI=1S/C38H68FNO15/c1-5-16-25(41)19-29(43)53-35-31(45)30(44)27(20-40)51-38(35)54-34-28(22-49-23(2)3)52-37(33(47)32(34)46)50-21-24(4)17-14-12-10-8-6-7-9-11-13-15-18-26(42)36(48)55-39/h24-28,30-35,37-38,41-42,44-47H,2,5-22,40H2,1,3-4H3/t24?,25?,26?,27-,28-,30-,31+,32-,33-,34-,35-,37-,38+/m1/s1. The van der Waals surface area contributed by atoms with Gasteiger partial charge in [0.15, 0.2) is 24.8 Å². The fourth-order valence-corrected chi connectivity index (χ4v) is 6.64. The van der Waals surface area contributed by atoms with Crippen molar-refractivity contribution in [1.29, 1.82) is 0 Å². The topological polar surface area (TPSA) is 246 Å². The third kappa shape index (κ3) is 17.6. The normalized spacial score (nSPS) is 29.9. The second kappa shape index (κ2) is 26.8. The number of hydrogen-bond donors (Lipinski definition) is 7. The average molecular weight is 798 g/mol. The molecule has 0 saturated carbocycles. The molecule has 0 amide bonds. The van der Waals surface area contributed by atoms with Crippen LogP contribution in [0.25, 0.3) is 0 Å². The fraction of sp³-hybridized carbons (Fsp3) is 0.895. The molecule has 0 spiro atoms. The summed E-state index contributed by atoms with van der Waals surface area (Å²) in [6.07, 6.45) is -4.96. The van der Waals surface area contributed by atoms with Gasteiger partial charge in [-0.05, 0) is 32.1 Å². The number of carbonyl (C=O) groups is 2. The molecule has 0 aromatic heterocycles. The highest BCUT2D eigenvalue weighted by atomic mass is 19.3. The number of esters is 1. The molecule has 0 radical (unpaired) electrons. The molecule has 0 aromatic rings. The van der Waals surface area contributed by atoms with Crippen LogP contribution < -0.4 is 5.73 Å². The Morgan fingerprint density at radius 2 is 1.36 bits per heavy atom. The molecule has 8 N–H and O–H groups in total. The van der Waals surface area contributed by atoms with E-state index in [-0.39, 0.29) is 38.5 Å². The number of halogens is 1. The van der Waals surface area contributed by atoms with Crippen LogP contribution in [0, 0.1) is 5.92 Å². The minimum Gasteiger partial charge on any atom is -0.496 e. The van der Waals surface area contributed by atoms with Crippen molar-refractivity contribution in [3.8, 4) is 0 Å². The van der Waals surface area contributed by atoms with Crippen LogP contribution in [0.2, 0.25) is 0 Å². The first-order valence-electron chi connectivity index (χ1n) is 19.9. The molecular formula is C38H68FNO15. The molecule has 0 aromatic carbocycles. The molecule has 322 valence electrons. The van der Waals surface area contributed by atoms with Crippen LogP contribution in [0.3, 0.4) is 0 Å². The van der Waals surface area contributed by atoms with Crippen LogP contribution in [0.15, 0.2) is 12.3 Å². The van der Waals surface area contributed by atoms with Gasteiger partial charge in [-0.2, -0.15) is 0 Å². The molecule has 55 heavy (non-hydrogen) atoms. The summed E-state index contributed by atoms with van der Waals surface area (Å²) in [5, 5.41) is 63.4. The Bertz CT molecular complexity index is 1090. The second-order valence-corrected chi connectivity index (χ2v) is 15.0. The number of aliphatic hydroxyl groups excluding tert-OH is 6. The zero-order valence-corrected chi connectivity index (χ0v) is 32.8. The molecule has 2 heterocycles.